The van der Waals surface area contributed by atoms with Crippen LogP contribution in [0.3, 0.4) is 0 Å². The Bertz CT molecular complexity index is 279. The molecule has 4 nitrogen and oxygen atoms in total. The first kappa shape index (κ1) is 14.2. The lowest BCUT2D eigenvalue weighted by atomic mass is 9.93. The number of amides is 1. The highest BCUT2D eigenvalue weighted by atomic mass is 19.4. The molecule has 7 heteroatoms. The van der Waals surface area contributed by atoms with Gasteiger partial charge in [0.1, 0.15) is 12.1 Å². The molecule has 1 fully saturated rings. The van der Waals surface area contributed by atoms with Gasteiger partial charge in [-0.15, -0.1) is 0 Å². The monoisotopic (exact) mass is 254 g/mol. The predicted octanol–water partition coefficient (Wildman–Crippen LogP) is 0.809. The highest BCUT2D eigenvalue weighted by Gasteiger charge is 2.50. The van der Waals surface area contributed by atoms with Crippen molar-refractivity contribution in [1.29, 1.82) is 0 Å². The number of hydrogen-bond acceptors (Lipinski definition) is 3. The highest BCUT2D eigenvalue weighted by molar-refractivity contribution is 5.85. The van der Waals surface area contributed by atoms with Crippen LogP contribution in [0.1, 0.15) is 19.8 Å². The maximum atomic E-state index is 12.0. The minimum atomic E-state index is -4.39. The summed E-state index contributed by atoms with van der Waals surface area (Å²) >= 11 is 0. The molecule has 0 bridgehead atoms. The third-order valence-corrected chi connectivity index (χ3v) is 2.80. The maximum Gasteiger partial charge on any atom is 0.411 e. The van der Waals surface area contributed by atoms with Crippen molar-refractivity contribution in [3.05, 3.63) is 0 Å². The molecule has 100 valence electrons. The van der Waals surface area contributed by atoms with Gasteiger partial charge in [0.25, 0.3) is 0 Å². The lowest BCUT2D eigenvalue weighted by molar-refractivity contribution is -0.180. The molecule has 1 saturated carbocycles. The summed E-state index contributed by atoms with van der Waals surface area (Å²) in [4.78, 5) is 11.4. The third-order valence-electron chi connectivity index (χ3n) is 2.80. The predicted molar refractivity (Wildman–Crippen MR) is 55.2 cm³/mol. The van der Waals surface area contributed by atoms with E-state index in [0.29, 0.717) is 6.54 Å². The van der Waals surface area contributed by atoms with Crippen molar-refractivity contribution < 1.29 is 22.7 Å². The first-order valence-electron chi connectivity index (χ1n) is 5.51. The standard InChI is InChI=1S/C10H17F3N2O2/c1-2-15-9(8(14)16,7-3-4-7)5-17-6-10(11,12)13/h7,15H,2-6H2,1H3,(H2,14,16). The molecule has 0 saturated heterocycles. The minimum Gasteiger partial charge on any atom is -0.370 e. The van der Waals surface area contributed by atoms with Crippen LogP contribution in [0.4, 0.5) is 13.2 Å². The van der Waals surface area contributed by atoms with Crippen LogP contribution >= 0.6 is 0 Å². The van der Waals surface area contributed by atoms with Gasteiger partial charge in [-0.3, -0.25) is 4.79 Å². The van der Waals surface area contributed by atoms with E-state index in [1.807, 2.05) is 0 Å². The molecule has 1 atom stereocenters. The fourth-order valence-electron chi connectivity index (χ4n) is 1.89. The Labute approximate surface area is 97.7 Å². The summed E-state index contributed by atoms with van der Waals surface area (Å²) in [5.74, 6) is -0.669. The number of nitrogens with one attached hydrogen (secondary N) is 1. The van der Waals surface area contributed by atoms with Gasteiger partial charge in [0.2, 0.25) is 5.91 Å². The van der Waals surface area contributed by atoms with E-state index in [1.54, 1.807) is 6.92 Å². The van der Waals surface area contributed by atoms with Crippen LogP contribution in [-0.4, -0.2) is 37.4 Å². The van der Waals surface area contributed by atoms with Gasteiger partial charge in [-0.2, -0.15) is 13.2 Å². The number of nitrogens with two attached hydrogens (primary N) is 1. The Morgan fingerprint density at radius 2 is 2.00 bits per heavy atom. The van der Waals surface area contributed by atoms with E-state index in [4.69, 9.17) is 5.73 Å². The number of likely N-dealkylation sites (N-methyl/N-ethyl adjacent to an activating group) is 1. The molecule has 0 heterocycles. The second kappa shape index (κ2) is 5.22. The number of halogens is 3. The molecule has 0 aromatic heterocycles. The number of carbonyl (C=O) groups is 1. The number of primary amides is 1. The summed E-state index contributed by atoms with van der Waals surface area (Å²) in [6.45, 7) is 0.527. The van der Waals surface area contributed by atoms with Crippen LogP contribution in [0, 0.1) is 5.92 Å². The molecule has 1 rings (SSSR count). The number of hydrogen-bond donors (Lipinski definition) is 2. The van der Waals surface area contributed by atoms with E-state index in [-0.39, 0.29) is 12.5 Å². The summed E-state index contributed by atoms with van der Waals surface area (Å²) < 4.78 is 40.5. The van der Waals surface area contributed by atoms with E-state index in [9.17, 15) is 18.0 Å². The zero-order valence-corrected chi connectivity index (χ0v) is 9.64. The van der Waals surface area contributed by atoms with Crippen LogP contribution in [-0.2, 0) is 9.53 Å². The normalized spacial score (nSPS) is 20.0. The first-order chi connectivity index (χ1) is 7.82. The van der Waals surface area contributed by atoms with Gasteiger partial charge in [-0.1, -0.05) is 6.92 Å². The van der Waals surface area contributed by atoms with Gasteiger partial charge < -0.3 is 15.8 Å². The Morgan fingerprint density at radius 3 is 2.35 bits per heavy atom. The lowest BCUT2D eigenvalue weighted by Gasteiger charge is -2.31. The smallest absolute Gasteiger partial charge is 0.370 e. The maximum absolute atomic E-state index is 12.0. The van der Waals surface area contributed by atoms with Crippen molar-refractivity contribution in [2.75, 3.05) is 19.8 Å². The SMILES string of the molecule is CCNC(COCC(F)(F)F)(C(N)=O)C1CC1. The molecule has 1 aliphatic rings. The second-order valence-corrected chi connectivity index (χ2v) is 4.25. The van der Waals surface area contributed by atoms with Gasteiger partial charge in [0.05, 0.1) is 6.61 Å². The van der Waals surface area contributed by atoms with Crippen molar-refractivity contribution in [1.82, 2.24) is 5.32 Å². The van der Waals surface area contributed by atoms with Crippen molar-refractivity contribution in [2.45, 2.75) is 31.5 Å². The molecule has 0 aromatic rings. The first-order valence-corrected chi connectivity index (χ1v) is 5.51. The number of alkyl halides is 3. The fourth-order valence-corrected chi connectivity index (χ4v) is 1.89. The van der Waals surface area contributed by atoms with Crippen molar-refractivity contribution >= 4 is 5.91 Å². The van der Waals surface area contributed by atoms with Gasteiger partial charge in [0, 0.05) is 0 Å². The van der Waals surface area contributed by atoms with Crippen LogP contribution < -0.4 is 11.1 Å². The van der Waals surface area contributed by atoms with E-state index < -0.39 is 24.2 Å². The van der Waals surface area contributed by atoms with Gasteiger partial charge >= 0.3 is 6.18 Å². The summed E-state index contributed by atoms with van der Waals surface area (Å²) in [6, 6.07) is 0. The van der Waals surface area contributed by atoms with E-state index in [0.717, 1.165) is 12.8 Å². The van der Waals surface area contributed by atoms with Crippen molar-refractivity contribution in [2.24, 2.45) is 11.7 Å². The largest absolute Gasteiger partial charge is 0.411 e. The molecule has 0 radical (unpaired) electrons. The van der Waals surface area contributed by atoms with Crippen molar-refractivity contribution in [3.8, 4) is 0 Å². The molecular weight excluding hydrogens is 237 g/mol. The lowest BCUT2D eigenvalue weighted by Crippen LogP contribution is -2.60. The van der Waals surface area contributed by atoms with Gasteiger partial charge in [0.15, 0.2) is 0 Å². The Hall–Kier alpha value is -0.820. The minimum absolute atomic E-state index is 0.0202. The molecule has 0 aliphatic heterocycles. The third kappa shape index (κ3) is 3.85. The fraction of sp³-hybridized carbons (Fsp3) is 0.900. The Balaban J connectivity index is 2.60. The Kier molecular flexibility index (Phi) is 4.37. The zero-order chi connectivity index (χ0) is 13.1. The molecule has 1 aliphatic carbocycles. The quantitative estimate of drug-likeness (QED) is 0.706. The zero-order valence-electron chi connectivity index (χ0n) is 9.64. The topological polar surface area (TPSA) is 64.3 Å². The van der Waals surface area contributed by atoms with E-state index >= 15 is 0 Å². The summed E-state index contributed by atoms with van der Waals surface area (Å²) in [5, 5.41) is 2.88. The van der Waals surface area contributed by atoms with E-state index in [1.165, 1.54) is 0 Å². The Morgan fingerprint density at radius 1 is 1.41 bits per heavy atom. The average molecular weight is 254 g/mol. The van der Waals surface area contributed by atoms with Gasteiger partial charge in [-0.25, -0.2) is 0 Å². The van der Waals surface area contributed by atoms with Crippen molar-refractivity contribution in [3.63, 3.8) is 0 Å². The van der Waals surface area contributed by atoms with Crippen LogP contribution in [0.15, 0.2) is 0 Å². The molecule has 0 spiro atoms. The summed E-state index contributed by atoms with van der Waals surface area (Å²) in [7, 11) is 0. The van der Waals surface area contributed by atoms with E-state index in [2.05, 4.69) is 10.1 Å². The molecule has 17 heavy (non-hydrogen) atoms. The molecule has 3 N–H and O–H groups in total. The summed E-state index contributed by atoms with van der Waals surface area (Å²) in [5.41, 5.74) is 4.13. The molecule has 1 unspecified atom stereocenters. The number of rotatable bonds is 7. The molecular formula is C10H17F3N2O2. The highest BCUT2D eigenvalue weighted by Crippen LogP contribution is 2.40. The molecule has 1 amide bonds. The summed E-state index contributed by atoms with van der Waals surface area (Å²) in [6.07, 6.45) is -2.82. The number of ether oxygens (including phenoxy) is 1. The molecule has 0 aromatic carbocycles. The van der Waals surface area contributed by atoms with Crippen LogP contribution in [0.25, 0.3) is 0 Å². The van der Waals surface area contributed by atoms with Gasteiger partial charge in [-0.05, 0) is 25.3 Å². The second-order valence-electron chi connectivity index (χ2n) is 4.25. The van der Waals surface area contributed by atoms with Crippen LogP contribution in [0.5, 0.6) is 0 Å². The average Bonchev–Trinajstić information content (AvgIpc) is 2.97. The van der Waals surface area contributed by atoms with Crippen LogP contribution in [0.2, 0.25) is 0 Å². The number of carbonyl (C=O) groups excluding carboxylic acids is 1.